The molecule has 1 aromatic carbocycles. The monoisotopic (exact) mass is 258 g/mol. The molecule has 18 heavy (non-hydrogen) atoms. The molecule has 2 unspecified atom stereocenters. The van der Waals surface area contributed by atoms with Crippen molar-refractivity contribution in [1.29, 1.82) is 0 Å². The van der Waals surface area contributed by atoms with Crippen LogP contribution in [0, 0.1) is 17.6 Å². The van der Waals surface area contributed by atoms with Crippen molar-refractivity contribution in [1.82, 2.24) is 0 Å². The van der Waals surface area contributed by atoms with E-state index < -0.39 is 23.8 Å². The lowest BCUT2D eigenvalue weighted by molar-refractivity contribution is -0.0188. The van der Waals surface area contributed by atoms with Gasteiger partial charge in [0.25, 0.3) is 0 Å². The van der Waals surface area contributed by atoms with Crippen LogP contribution in [0.3, 0.4) is 0 Å². The summed E-state index contributed by atoms with van der Waals surface area (Å²) < 4.78 is 25.7. The summed E-state index contributed by atoms with van der Waals surface area (Å²) in [6, 6.07) is 3.50. The summed E-state index contributed by atoms with van der Waals surface area (Å²) in [5.74, 6) is -1.82. The van der Waals surface area contributed by atoms with E-state index in [0.29, 0.717) is 5.56 Å². The van der Waals surface area contributed by atoms with Gasteiger partial charge in [0.15, 0.2) is 11.6 Å². The Morgan fingerprint density at radius 2 is 1.67 bits per heavy atom. The zero-order valence-electron chi connectivity index (χ0n) is 10.7. The molecule has 0 aliphatic rings. The molecule has 0 radical (unpaired) electrons. The average molecular weight is 258 g/mol. The smallest absolute Gasteiger partial charge is 0.159 e. The highest BCUT2D eigenvalue weighted by atomic mass is 19.2. The van der Waals surface area contributed by atoms with E-state index in [1.165, 1.54) is 6.07 Å². The summed E-state index contributed by atoms with van der Waals surface area (Å²) in [7, 11) is 0. The van der Waals surface area contributed by atoms with Crippen LogP contribution in [0.2, 0.25) is 0 Å². The third-order valence-electron chi connectivity index (χ3n) is 3.35. The Morgan fingerprint density at radius 1 is 1.06 bits per heavy atom. The van der Waals surface area contributed by atoms with Crippen LogP contribution in [-0.2, 0) is 6.42 Å². The topological polar surface area (TPSA) is 40.5 Å². The highest BCUT2D eigenvalue weighted by molar-refractivity contribution is 5.18. The summed E-state index contributed by atoms with van der Waals surface area (Å²) >= 11 is 0. The zero-order valence-corrected chi connectivity index (χ0v) is 10.7. The SMILES string of the molecule is CCC(CC)C(O)C(O)Cc1ccc(F)c(F)c1. The van der Waals surface area contributed by atoms with Crippen molar-refractivity contribution < 1.29 is 19.0 Å². The summed E-state index contributed by atoms with van der Waals surface area (Å²) in [5, 5.41) is 19.8. The molecule has 0 aliphatic carbocycles. The Labute approximate surface area is 106 Å². The van der Waals surface area contributed by atoms with E-state index in [1.807, 2.05) is 13.8 Å². The van der Waals surface area contributed by atoms with Crippen molar-refractivity contribution in [3.05, 3.63) is 35.4 Å². The lowest BCUT2D eigenvalue weighted by Gasteiger charge is -2.25. The molecule has 2 atom stereocenters. The molecule has 0 saturated carbocycles. The molecule has 0 bridgehead atoms. The van der Waals surface area contributed by atoms with Crippen LogP contribution in [0.5, 0.6) is 0 Å². The van der Waals surface area contributed by atoms with Gasteiger partial charge in [-0.25, -0.2) is 8.78 Å². The number of hydrogen-bond donors (Lipinski definition) is 2. The highest BCUT2D eigenvalue weighted by Crippen LogP contribution is 2.19. The molecule has 1 rings (SSSR count). The maximum absolute atomic E-state index is 13.0. The van der Waals surface area contributed by atoms with Crippen LogP contribution in [0.1, 0.15) is 32.3 Å². The van der Waals surface area contributed by atoms with E-state index in [0.717, 1.165) is 25.0 Å². The molecule has 0 saturated heterocycles. The molecule has 0 spiro atoms. The number of hydrogen-bond acceptors (Lipinski definition) is 2. The van der Waals surface area contributed by atoms with Gasteiger partial charge in [-0.1, -0.05) is 32.8 Å². The fourth-order valence-electron chi connectivity index (χ4n) is 2.11. The van der Waals surface area contributed by atoms with E-state index in [9.17, 15) is 19.0 Å². The van der Waals surface area contributed by atoms with Crippen molar-refractivity contribution >= 4 is 0 Å². The van der Waals surface area contributed by atoms with Crippen LogP contribution < -0.4 is 0 Å². The van der Waals surface area contributed by atoms with Gasteiger partial charge >= 0.3 is 0 Å². The highest BCUT2D eigenvalue weighted by Gasteiger charge is 2.24. The Kier molecular flexibility index (Phi) is 5.69. The number of benzene rings is 1. The van der Waals surface area contributed by atoms with Crippen molar-refractivity contribution in [2.24, 2.45) is 5.92 Å². The number of aliphatic hydroxyl groups excluding tert-OH is 2. The first-order valence-electron chi connectivity index (χ1n) is 6.29. The van der Waals surface area contributed by atoms with Gasteiger partial charge in [0, 0.05) is 6.42 Å². The van der Waals surface area contributed by atoms with Gasteiger partial charge in [0.2, 0.25) is 0 Å². The first-order chi connectivity index (χ1) is 8.49. The minimum atomic E-state index is -0.959. The summed E-state index contributed by atoms with van der Waals surface area (Å²) in [5.41, 5.74) is 0.478. The largest absolute Gasteiger partial charge is 0.390 e. The Morgan fingerprint density at radius 3 is 2.17 bits per heavy atom. The third-order valence-corrected chi connectivity index (χ3v) is 3.35. The number of aliphatic hydroxyl groups is 2. The van der Waals surface area contributed by atoms with Gasteiger partial charge < -0.3 is 10.2 Å². The molecule has 0 amide bonds. The number of rotatable bonds is 6. The average Bonchev–Trinajstić information content (AvgIpc) is 2.35. The maximum atomic E-state index is 13.0. The third kappa shape index (κ3) is 3.75. The molecule has 2 N–H and O–H groups in total. The molecule has 2 nitrogen and oxygen atoms in total. The van der Waals surface area contributed by atoms with Crippen LogP contribution in [0.15, 0.2) is 18.2 Å². The van der Waals surface area contributed by atoms with Gasteiger partial charge in [-0.2, -0.15) is 0 Å². The normalized spacial score (nSPS) is 14.8. The summed E-state index contributed by atoms with van der Waals surface area (Å²) in [6.45, 7) is 3.89. The minimum absolute atomic E-state index is 0.0188. The first kappa shape index (κ1) is 15.1. The van der Waals surface area contributed by atoms with E-state index in [2.05, 4.69) is 0 Å². The van der Waals surface area contributed by atoms with E-state index in [-0.39, 0.29) is 12.3 Å². The Bertz CT molecular complexity index is 378. The fraction of sp³-hybridized carbons (Fsp3) is 0.571. The molecule has 0 heterocycles. The first-order valence-corrected chi connectivity index (χ1v) is 6.29. The van der Waals surface area contributed by atoms with Gasteiger partial charge in [-0.3, -0.25) is 0 Å². The molecule has 0 aromatic heterocycles. The fourth-order valence-corrected chi connectivity index (χ4v) is 2.11. The molecule has 0 aliphatic heterocycles. The predicted molar refractivity (Wildman–Crippen MR) is 66.1 cm³/mol. The van der Waals surface area contributed by atoms with E-state index >= 15 is 0 Å². The van der Waals surface area contributed by atoms with Crippen molar-refractivity contribution in [2.75, 3.05) is 0 Å². The van der Waals surface area contributed by atoms with Gasteiger partial charge in [0.05, 0.1) is 12.2 Å². The lowest BCUT2D eigenvalue weighted by atomic mass is 9.90. The molecule has 1 aromatic rings. The molecule has 0 fully saturated rings. The van der Waals surface area contributed by atoms with Gasteiger partial charge in [0.1, 0.15) is 0 Å². The number of halogens is 2. The van der Waals surface area contributed by atoms with Gasteiger partial charge in [-0.05, 0) is 23.6 Å². The standard InChI is InChI=1S/C14H20F2O2/c1-3-10(4-2)14(18)13(17)8-9-5-6-11(15)12(16)7-9/h5-7,10,13-14,17-18H,3-4,8H2,1-2H3. The molecule has 4 heteroatoms. The molecule has 102 valence electrons. The minimum Gasteiger partial charge on any atom is -0.390 e. The van der Waals surface area contributed by atoms with Crippen molar-refractivity contribution in [3.63, 3.8) is 0 Å². The molecular weight excluding hydrogens is 238 g/mol. The van der Waals surface area contributed by atoms with Crippen LogP contribution in [0.4, 0.5) is 8.78 Å². The van der Waals surface area contributed by atoms with Crippen molar-refractivity contribution in [3.8, 4) is 0 Å². The second-order valence-corrected chi connectivity index (χ2v) is 4.59. The van der Waals surface area contributed by atoms with Crippen LogP contribution in [0.25, 0.3) is 0 Å². The Balaban J connectivity index is 2.68. The lowest BCUT2D eigenvalue weighted by Crippen LogP contribution is -2.34. The maximum Gasteiger partial charge on any atom is 0.159 e. The quantitative estimate of drug-likeness (QED) is 0.823. The van der Waals surface area contributed by atoms with Gasteiger partial charge in [-0.15, -0.1) is 0 Å². The summed E-state index contributed by atoms with van der Waals surface area (Å²) in [4.78, 5) is 0. The van der Waals surface area contributed by atoms with Crippen LogP contribution >= 0.6 is 0 Å². The van der Waals surface area contributed by atoms with E-state index in [1.54, 1.807) is 0 Å². The Hall–Kier alpha value is -1.00. The van der Waals surface area contributed by atoms with Crippen LogP contribution in [-0.4, -0.2) is 22.4 Å². The second kappa shape index (κ2) is 6.81. The predicted octanol–water partition coefficient (Wildman–Crippen LogP) is 2.67. The van der Waals surface area contributed by atoms with E-state index in [4.69, 9.17) is 0 Å². The summed E-state index contributed by atoms with van der Waals surface area (Å²) in [6.07, 6.45) is -0.138. The zero-order chi connectivity index (χ0) is 13.7. The van der Waals surface area contributed by atoms with Crippen molar-refractivity contribution in [2.45, 2.75) is 45.3 Å². The molecular formula is C14H20F2O2. The second-order valence-electron chi connectivity index (χ2n) is 4.59.